The first kappa shape index (κ1) is 8.83. The third-order valence-corrected chi connectivity index (χ3v) is 1.87. The van der Waals surface area contributed by atoms with Gasteiger partial charge in [0.1, 0.15) is 0 Å². The van der Waals surface area contributed by atoms with Crippen molar-refractivity contribution in [1.29, 1.82) is 0 Å². The van der Waals surface area contributed by atoms with Crippen LogP contribution < -0.4 is 0 Å². The van der Waals surface area contributed by atoms with Crippen molar-refractivity contribution in [1.82, 2.24) is 0 Å². The molecule has 0 heterocycles. The molecule has 0 nitrogen and oxygen atoms in total. The lowest BCUT2D eigenvalue weighted by Gasteiger charge is -2.03. The van der Waals surface area contributed by atoms with Crippen LogP contribution in [0.3, 0.4) is 0 Å². The molecule has 0 saturated carbocycles. The van der Waals surface area contributed by atoms with Gasteiger partial charge in [-0.05, 0) is 23.1 Å². The first-order chi connectivity index (χ1) is 5.74. The summed E-state index contributed by atoms with van der Waals surface area (Å²) in [4.78, 5) is 0. The van der Waals surface area contributed by atoms with E-state index in [0.29, 0.717) is 5.92 Å². The van der Waals surface area contributed by atoms with E-state index in [4.69, 9.17) is 0 Å². The Labute approximate surface area is 74.2 Å². The summed E-state index contributed by atoms with van der Waals surface area (Å²) in [5, 5.41) is 0. The van der Waals surface area contributed by atoms with Gasteiger partial charge in [-0.1, -0.05) is 44.7 Å². The Morgan fingerprint density at radius 1 is 1.25 bits per heavy atom. The zero-order valence-corrected chi connectivity index (χ0v) is 7.67. The molecular formula is C12H14. The maximum absolute atomic E-state index is 3.53. The molecule has 0 aliphatic carbocycles. The lowest BCUT2D eigenvalue weighted by Crippen LogP contribution is -1.85. The zero-order valence-electron chi connectivity index (χ0n) is 7.67. The van der Waals surface area contributed by atoms with Gasteiger partial charge in [0.05, 0.1) is 0 Å². The van der Waals surface area contributed by atoms with Gasteiger partial charge in [0, 0.05) is 0 Å². The highest BCUT2D eigenvalue weighted by atomic mass is 14.0. The second-order valence-corrected chi connectivity index (χ2v) is 3.17. The molecule has 0 aliphatic heterocycles. The second kappa shape index (κ2) is 3.94. The fraction of sp³-hybridized carbons (Fsp3) is 0.250. The standard InChI is InChI=1S/C12H14/c1-4-5-11-6-8-12(9-7-11)10(2)3/h5-10H,1H2,2-3H3. The van der Waals surface area contributed by atoms with Crippen molar-refractivity contribution in [3.05, 3.63) is 47.7 Å². The Kier molecular flexibility index (Phi) is 2.90. The van der Waals surface area contributed by atoms with E-state index in [1.807, 2.05) is 6.08 Å². The summed E-state index contributed by atoms with van der Waals surface area (Å²) in [5.41, 5.74) is 5.29. The van der Waals surface area contributed by atoms with Crippen LogP contribution in [0.1, 0.15) is 30.9 Å². The highest BCUT2D eigenvalue weighted by Crippen LogP contribution is 2.14. The van der Waals surface area contributed by atoms with Crippen LogP contribution in [0.25, 0.3) is 6.08 Å². The summed E-state index contributed by atoms with van der Waals surface area (Å²) in [7, 11) is 0. The second-order valence-electron chi connectivity index (χ2n) is 3.17. The molecule has 62 valence electrons. The summed E-state index contributed by atoms with van der Waals surface area (Å²) < 4.78 is 0. The maximum atomic E-state index is 3.53. The molecule has 0 amide bonds. The maximum Gasteiger partial charge on any atom is -0.0133 e. The fourth-order valence-electron chi connectivity index (χ4n) is 1.09. The monoisotopic (exact) mass is 158 g/mol. The topological polar surface area (TPSA) is 0 Å². The molecule has 0 atom stereocenters. The Hall–Kier alpha value is -1.26. The summed E-state index contributed by atoms with van der Waals surface area (Å²) in [6.07, 6.45) is 1.88. The minimum Gasteiger partial charge on any atom is -0.128 e. The third kappa shape index (κ3) is 2.11. The van der Waals surface area contributed by atoms with Crippen LogP contribution in [0.15, 0.2) is 36.6 Å². The highest BCUT2D eigenvalue weighted by Gasteiger charge is 1.96. The number of hydrogen-bond acceptors (Lipinski definition) is 0. The SMILES string of the molecule is C=C=Cc1ccc(C(C)C)cc1. The number of benzene rings is 1. The predicted molar refractivity (Wildman–Crippen MR) is 54.1 cm³/mol. The molecule has 0 saturated heterocycles. The van der Waals surface area contributed by atoms with Crippen molar-refractivity contribution in [2.45, 2.75) is 19.8 Å². The van der Waals surface area contributed by atoms with Gasteiger partial charge in [0.25, 0.3) is 0 Å². The van der Waals surface area contributed by atoms with E-state index >= 15 is 0 Å². The van der Waals surface area contributed by atoms with E-state index in [9.17, 15) is 0 Å². The minimum atomic E-state index is 0.603. The molecule has 1 aromatic carbocycles. The Morgan fingerprint density at radius 3 is 2.25 bits per heavy atom. The van der Waals surface area contributed by atoms with Gasteiger partial charge in [-0.3, -0.25) is 0 Å². The molecule has 0 fully saturated rings. The minimum absolute atomic E-state index is 0.603. The molecule has 0 aromatic heterocycles. The van der Waals surface area contributed by atoms with E-state index in [1.54, 1.807) is 0 Å². The molecule has 0 radical (unpaired) electrons. The first-order valence-corrected chi connectivity index (χ1v) is 4.20. The van der Waals surface area contributed by atoms with Crippen molar-refractivity contribution in [2.24, 2.45) is 0 Å². The zero-order chi connectivity index (χ0) is 8.97. The van der Waals surface area contributed by atoms with Crippen molar-refractivity contribution in [3.63, 3.8) is 0 Å². The fourth-order valence-corrected chi connectivity index (χ4v) is 1.09. The quantitative estimate of drug-likeness (QED) is 0.577. The van der Waals surface area contributed by atoms with E-state index in [-0.39, 0.29) is 0 Å². The van der Waals surface area contributed by atoms with Crippen LogP contribution in [0.5, 0.6) is 0 Å². The van der Waals surface area contributed by atoms with Crippen LogP contribution in [0.4, 0.5) is 0 Å². The van der Waals surface area contributed by atoms with Gasteiger partial charge in [-0.2, -0.15) is 0 Å². The third-order valence-electron chi connectivity index (χ3n) is 1.87. The summed E-state index contributed by atoms with van der Waals surface area (Å²) in [5.74, 6) is 0.603. The van der Waals surface area contributed by atoms with Crippen molar-refractivity contribution < 1.29 is 0 Å². The molecule has 0 bridgehead atoms. The molecule has 0 heteroatoms. The normalized spacial score (nSPS) is 9.58. The predicted octanol–water partition coefficient (Wildman–Crippen LogP) is 3.61. The molecular weight excluding hydrogens is 144 g/mol. The lowest BCUT2D eigenvalue weighted by molar-refractivity contribution is 0.866. The molecule has 12 heavy (non-hydrogen) atoms. The Morgan fingerprint density at radius 2 is 1.83 bits per heavy atom. The molecule has 0 N–H and O–H groups in total. The average Bonchev–Trinajstić information content (AvgIpc) is 2.06. The van der Waals surface area contributed by atoms with Crippen LogP contribution in [0, 0.1) is 0 Å². The average molecular weight is 158 g/mol. The molecule has 0 unspecified atom stereocenters. The summed E-state index contributed by atoms with van der Waals surface area (Å²) >= 11 is 0. The van der Waals surface area contributed by atoms with E-state index in [0.717, 1.165) is 5.56 Å². The van der Waals surface area contributed by atoms with Crippen molar-refractivity contribution in [2.75, 3.05) is 0 Å². The van der Waals surface area contributed by atoms with E-state index in [2.05, 4.69) is 50.4 Å². The number of rotatable bonds is 2. The lowest BCUT2D eigenvalue weighted by atomic mass is 10.0. The highest BCUT2D eigenvalue weighted by molar-refractivity contribution is 5.48. The van der Waals surface area contributed by atoms with Gasteiger partial charge in [-0.25, -0.2) is 0 Å². The van der Waals surface area contributed by atoms with Crippen LogP contribution >= 0.6 is 0 Å². The number of hydrogen-bond donors (Lipinski definition) is 0. The molecule has 1 aromatic rings. The van der Waals surface area contributed by atoms with Crippen LogP contribution in [-0.4, -0.2) is 0 Å². The van der Waals surface area contributed by atoms with Crippen LogP contribution in [-0.2, 0) is 0 Å². The van der Waals surface area contributed by atoms with Gasteiger partial charge < -0.3 is 0 Å². The molecule has 0 spiro atoms. The molecule has 0 aliphatic rings. The van der Waals surface area contributed by atoms with Gasteiger partial charge in [-0.15, -0.1) is 5.73 Å². The van der Waals surface area contributed by atoms with Gasteiger partial charge in [0.15, 0.2) is 0 Å². The summed E-state index contributed by atoms with van der Waals surface area (Å²) in [6, 6.07) is 8.47. The van der Waals surface area contributed by atoms with E-state index in [1.165, 1.54) is 5.56 Å². The van der Waals surface area contributed by atoms with Gasteiger partial charge in [0.2, 0.25) is 0 Å². The smallest absolute Gasteiger partial charge is 0.0133 e. The molecule has 1 rings (SSSR count). The van der Waals surface area contributed by atoms with Crippen molar-refractivity contribution in [3.8, 4) is 0 Å². The largest absolute Gasteiger partial charge is 0.128 e. The summed E-state index contributed by atoms with van der Waals surface area (Å²) in [6.45, 7) is 7.92. The Bertz CT molecular complexity index is 284. The Balaban J connectivity index is 2.92. The van der Waals surface area contributed by atoms with E-state index < -0.39 is 0 Å². The first-order valence-electron chi connectivity index (χ1n) is 4.20. The van der Waals surface area contributed by atoms with Crippen LogP contribution in [0.2, 0.25) is 0 Å². The van der Waals surface area contributed by atoms with Crippen molar-refractivity contribution >= 4 is 6.08 Å². The van der Waals surface area contributed by atoms with Gasteiger partial charge >= 0.3 is 0 Å².